The SMILES string of the molecule is O=C(O)CC1CC1c1cccc(F)c1F. The van der Waals surface area contributed by atoms with Crippen LogP contribution in [-0.2, 0) is 4.79 Å². The van der Waals surface area contributed by atoms with Gasteiger partial charge < -0.3 is 5.11 Å². The third-order valence-corrected chi connectivity index (χ3v) is 2.74. The van der Waals surface area contributed by atoms with E-state index in [2.05, 4.69) is 0 Å². The molecular weight excluding hydrogens is 202 g/mol. The second-order valence-electron chi connectivity index (χ2n) is 3.84. The van der Waals surface area contributed by atoms with Crippen LogP contribution in [0.4, 0.5) is 8.78 Å². The topological polar surface area (TPSA) is 37.3 Å². The molecule has 0 radical (unpaired) electrons. The van der Waals surface area contributed by atoms with Crippen LogP contribution in [0.2, 0.25) is 0 Å². The zero-order valence-corrected chi connectivity index (χ0v) is 7.91. The molecular formula is C11H10F2O2. The molecule has 1 fully saturated rings. The van der Waals surface area contributed by atoms with Gasteiger partial charge in [0.15, 0.2) is 11.6 Å². The van der Waals surface area contributed by atoms with Crippen LogP contribution < -0.4 is 0 Å². The van der Waals surface area contributed by atoms with Crippen LogP contribution in [0.5, 0.6) is 0 Å². The molecule has 2 nitrogen and oxygen atoms in total. The Morgan fingerprint density at radius 3 is 2.87 bits per heavy atom. The van der Waals surface area contributed by atoms with Gasteiger partial charge in [-0.2, -0.15) is 0 Å². The van der Waals surface area contributed by atoms with Crippen molar-refractivity contribution in [3.63, 3.8) is 0 Å². The smallest absolute Gasteiger partial charge is 0.303 e. The Morgan fingerprint density at radius 2 is 2.20 bits per heavy atom. The highest BCUT2D eigenvalue weighted by Crippen LogP contribution is 2.50. The zero-order valence-electron chi connectivity index (χ0n) is 7.91. The third-order valence-electron chi connectivity index (χ3n) is 2.74. The van der Waals surface area contributed by atoms with Crippen molar-refractivity contribution >= 4 is 5.97 Å². The predicted molar refractivity (Wildman–Crippen MR) is 49.5 cm³/mol. The normalized spacial score (nSPS) is 23.9. The first kappa shape index (κ1) is 10.1. The van der Waals surface area contributed by atoms with Gasteiger partial charge in [-0.15, -0.1) is 0 Å². The van der Waals surface area contributed by atoms with Gasteiger partial charge in [0.1, 0.15) is 0 Å². The molecule has 1 aromatic carbocycles. The van der Waals surface area contributed by atoms with E-state index in [4.69, 9.17) is 5.11 Å². The lowest BCUT2D eigenvalue weighted by Gasteiger charge is -2.01. The fourth-order valence-corrected chi connectivity index (χ4v) is 1.89. The highest BCUT2D eigenvalue weighted by molar-refractivity contribution is 5.67. The highest BCUT2D eigenvalue weighted by atomic mass is 19.2. The number of benzene rings is 1. The van der Waals surface area contributed by atoms with Crippen molar-refractivity contribution in [2.75, 3.05) is 0 Å². The van der Waals surface area contributed by atoms with Gasteiger partial charge in [0.25, 0.3) is 0 Å². The maximum atomic E-state index is 13.3. The second-order valence-corrected chi connectivity index (χ2v) is 3.84. The maximum absolute atomic E-state index is 13.3. The Balaban J connectivity index is 2.13. The summed E-state index contributed by atoms with van der Waals surface area (Å²) in [6.07, 6.45) is 0.660. The lowest BCUT2D eigenvalue weighted by atomic mass is 10.1. The summed E-state index contributed by atoms with van der Waals surface area (Å²) in [5, 5.41) is 8.54. The molecule has 0 aromatic heterocycles. The number of carboxylic acids is 1. The molecule has 1 aliphatic rings. The molecule has 0 amide bonds. The molecule has 0 bridgehead atoms. The molecule has 80 valence electrons. The standard InChI is InChI=1S/C11H10F2O2/c12-9-3-1-2-7(11(9)13)8-4-6(8)5-10(14)15/h1-3,6,8H,4-5H2,(H,14,15). The molecule has 0 saturated heterocycles. The molecule has 1 N–H and O–H groups in total. The van der Waals surface area contributed by atoms with Crippen molar-refractivity contribution in [1.29, 1.82) is 0 Å². The van der Waals surface area contributed by atoms with E-state index < -0.39 is 17.6 Å². The summed E-state index contributed by atoms with van der Waals surface area (Å²) in [6, 6.07) is 4.03. The van der Waals surface area contributed by atoms with Crippen LogP contribution in [0.15, 0.2) is 18.2 Å². The first-order chi connectivity index (χ1) is 7.09. The fraction of sp³-hybridized carbons (Fsp3) is 0.364. The Bertz CT molecular complexity index is 404. The van der Waals surface area contributed by atoms with E-state index in [0.29, 0.717) is 12.0 Å². The monoisotopic (exact) mass is 212 g/mol. The summed E-state index contributed by atoms with van der Waals surface area (Å²) in [5.74, 6) is -2.77. The van der Waals surface area contributed by atoms with E-state index in [0.717, 1.165) is 6.07 Å². The number of aliphatic carboxylic acids is 1. The highest BCUT2D eigenvalue weighted by Gasteiger charge is 2.41. The zero-order chi connectivity index (χ0) is 11.0. The molecule has 1 saturated carbocycles. The van der Waals surface area contributed by atoms with E-state index in [-0.39, 0.29) is 18.3 Å². The summed E-state index contributed by atoms with van der Waals surface area (Å²) in [6.45, 7) is 0. The van der Waals surface area contributed by atoms with E-state index in [9.17, 15) is 13.6 Å². The molecule has 0 spiro atoms. The van der Waals surface area contributed by atoms with Crippen molar-refractivity contribution in [3.05, 3.63) is 35.4 Å². The first-order valence-electron chi connectivity index (χ1n) is 4.75. The Morgan fingerprint density at radius 1 is 1.47 bits per heavy atom. The van der Waals surface area contributed by atoms with Crippen molar-refractivity contribution in [1.82, 2.24) is 0 Å². The largest absolute Gasteiger partial charge is 0.481 e. The molecule has 2 atom stereocenters. The van der Waals surface area contributed by atoms with Crippen molar-refractivity contribution < 1.29 is 18.7 Å². The number of halogens is 2. The quantitative estimate of drug-likeness (QED) is 0.835. The number of carboxylic acid groups (broad SMARTS) is 1. The van der Waals surface area contributed by atoms with Gasteiger partial charge in [-0.05, 0) is 29.9 Å². The molecule has 2 unspecified atom stereocenters. The summed E-state index contributed by atoms with van der Waals surface area (Å²) >= 11 is 0. The third kappa shape index (κ3) is 1.98. The second kappa shape index (κ2) is 3.61. The minimum Gasteiger partial charge on any atom is -0.481 e. The molecule has 15 heavy (non-hydrogen) atoms. The van der Waals surface area contributed by atoms with Crippen LogP contribution >= 0.6 is 0 Å². The summed E-state index contributed by atoms with van der Waals surface area (Å²) in [5.41, 5.74) is 0.307. The molecule has 4 heteroatoms. The molecule has 2 rings (SSSR count). The number of hydrogen-bond acceptors (Lipinski definition) is 1. The number of carbonyl (C=O) groups is 1. The Labute approximate surface area is 85.5 Å². The molecule has 0 aliphatic heterocycles. The van der Waals surface area contributed by atoms with Gasteiger partial charge in [-0.1, -0.05) is 12.1 Å². The van der Waals surface area contributed by atoms with Crippen molar-refractivity contribution in [2.45, 2.75) is 18.8 Å². The van der Waals surface area contributed by atoms with Gasteiger partial charge in [0, 0.05) is 6.42 Å². The summed E-state index contributed by atoms with van der Waals surface area (Å²) in [7, 11) is 0. The van der Waals surface area contributed by atoms with Crippen molar-refractivity contribution in [3.8, 4) is 0 Å². The molecule has 0 heterocycles. The number of hydrogen-bond donors (Lipinski definition) is 1. The van der Waals surface area contributed by atoms with Crippen LogP contribution in [0.25, 0.3) is 0 Å². The maximum Gasteiger partial charge on any atom is 0.303 e. The van der Waals surface area contributed by atoms with Crippen LogP contribution in [0.1, 0.15) is 24.3 Å². The van der Waals surface area contributed by atoms with Crippen LogP contribution in [-0.4, -0.2) is 11.1 Å². The Kier molecular flexibility index (Phi) is 2.42. The predicted octanol–water partition coefficient (Wildman–Crippen LogP) is 2.54. The molecule has 1 aliphatic carbocycles. The lowest BCUT2D eigenvalue weighted by Crippen LogP contribution is -1.98. The van der Waals surface area contributed by atoms with Gasteiger partial charge in [0.05, 0.1) is 0 Å². The summed E-state index contributed by atoms with van der Waals surface area (Å²) < 4.78 is 26.1. The van der Waals surface area contributed by atoms with Gasteiger partial charge >= 0.3 is 5.97 Å². The van der Waals surface area contributed by atoms with E-state index in [1.807, 2.05) is 0 Å². The van der Waals surface area contributed by atoms with E-state index >= 15 is 0 Å². The minimum atomic E-state index is -0.890. The Hall–Kier alpha value is -1.45. The van der Waals surface area contributed by atoms with E-state index in [1.54, 1.807) is 0 Å². The first-order valence-corrected chi connectivity index (χ1v) is 4.75. The number of rotatable bonds is 3. The van der Waals surface area contributed by atoms with Gasteiger partial charge in [-0.25, -0.2) is 8.78 Å². The van der Waals surface area contributed by atoms with Crippen LogP contribution in [0.3, 0.4) is 0 Å². The van der Waals surface area contributed by atoms with Gasteiger partial charge in [-0.3, -0.25) is 4.79 Å². The molecule has 1 aromatic rings. The fourth-order valence-electron chi connectivity index (χ4n) is 1.89. The average molecular weight is 212 g/mol. The lowest BCUT2D eigenvalue weighted by molar-refractivity contribution is -0.137. The summed E-state index contributed by atoms with van der Waals surface area (Å²) in [4.78, 5) is 10.4. The van der Waals surface area contributed by atoms with Crippen molar-refractivity contribution in [2.24, 2.45) is 5.92 Å². The average Bonchev–Trinajstić information content (AvgIpc) is 2.88. The minimum absolute atomic E-state index is 0.0284. The van der Waals surface area contributed by atoms with E-state index in [1.165, 1.54) is 12.1 Å². The van der Waals surface area contributed by atoms with Gasteiger partial charge in [0.2, 0.25) is 0 Å². The van der Waals surface area contributed by atoms with Crippen LogP contribution in [0, 0.1) is 17.6 Å².